The molecule has 0 atom stereocenters. The molecule has 0 aliphatic heterocycles. The van der Waals surface area contributed by atoms with Gasteiger partial charge in [0.25, 0.3) is 0 Å². The Labute approximate surface area is 51.2 Å². The molecule has 0 unspecified atom stereocenters. The lowest BCUT2D eigenvalue weighted by atomic mass is 10.8. The third-order valence-electron chi connectivity index (χ3n) is 0.132. The van der Waals surface area contributed by atoms with E-state index in [4.69, 9.17) is 0 Å². The number of terminal acetylenes is 1. The fourth-order valence-electron chi connectivity index (χ4n) is 0. The first kappa shape index (κ1) is 9.72. The number of primary amides is 1. The summed E-state index contributed by atoms with van der Waals surface area (Å²) in [4.78, 5) is 9.54. The lowest BCUT2D eigenvalue weighted by Crippen LogP contribution is -2.10. The number of carbonyl (C=O) groups excluding carboxylic acids is 1. The Balaban J connectivity index is 0. The van der Waals surface area contributed by atoms with Crippen LogP contribution in [0.1, 0.15) is 0 Å². The molecular weight excluding hydrogens is 158 g/mol. The Hall–Kier alpha value is -0.490. The quantitative estimate of drug-likeness (QED) is 0.434. The Morgan fingerprint density at radius 2 is 1.86 bits per heavy atom. The molecule has 7 heavy (non-hydrogen) atoms. The van der Waals surface area contributed by atoms with Gasteiger partial charge in [-0.05, 0) is 0 Å². The van der Waals surface area contributed by atoms with E-state index < -0.39 is 0 Å². The van der Waals surface area contributed by atoms with Crippen LogP contribution < -0.4 is 5.73 Å². The van der Waals surface area contributed by atoms with Crippen LogP contribution in [0, 0.1) is 12.8 Å². The molecule has 3 heteroatoms. The molecule has 0 fully saturated rings. The number of rotatable bonds is 1. The van der Waals surface area contributed by atoms with E-state index in [-0.39, 0.29) is 11.2 Å². The van der Waals surface area contributed by atoms with Crippen LogP contribution in [-0.2, 0) is 4.79 Å². The molecule has 1 amide bonds. The smallest absolute Gasteiger partial charge is 0.228 e. The number of nitrogens with two attached hydrogens (primary N) is 1. The average Bonchev–Trinajstić information content (AvgIpc) is 1.73. The highest BCUT2D eigenvalue weighted by Crippen LogP contribution is 1.71. The molecule has 0 spiro atoms. The first-order valence-electron chi connectivity index (χ1n) is 1.45. The van der Waals surface area contributed by atoms with Crippen molar-refractivity contribution < 1.29 is 4.79 Å². The Morgan fingerprint density at radius 3 is 1.86 bits per heavy atom. The molecule has 40 valence electrons. The van der Waals surface area contributed by atoms with Gasteiger partial charge in [-0.25, -0.2) is 0 Å². The van der Waals surface area contributed by atoms with Crippen molar-refractivity contribution in [2.45, 2.75) is 0 Å². The molecule has 2 nitrogen and oxygen atoms in total. The molecular formula is C4H6BrNO. The number of hydrogen-bond acceptors (Lipinski definition) is 1. The molecule has 0 saturated carbocycles. The summed E-state index contributed by atoms with van der Waals surface area (Å²) in [5.74, 6) is -0.329. The first-order chi connectivity index (χ1) is 3.27. The van der Waals surface area contributed by atoms with Gasteiger partial charge in [0.05, 0.1) is 5.33 Å². The molecule has 0 aliphatic rings. The van der Waals surface area contributed by atoms with Crippen LogP contribution in [0.15, 0.2) is 0 Å². The maximum Gasteiger partial charge on any atom is 0.228 e. The van der Waals surface area contributed by atoms with Gasteiger partial charge in [-0.1, -0.05) is 15.9 Å². The number of carbonyl (C=O) groups is 1. The number of hydrogen-bond donors (Lipinski definition) is 1. The minimum Gasteiger partial charge on any atom is -0.369 e. The van der Waals surface area contributed by atoms with Crippen molar-refractivity contribution >= 4 is 21.8 Å². The molecule has 0 saturated heterocycles. The third kappa shape index (κ3) is 29.8. The number of amides is 1. The first-order valence-corrected chi connectivity index (χ1v) is 2.57. The Bertz CT molecular complexity index is 69.3. The Morgan fingerprint density at radius 1 is 1.71 bits per heavy atom. The minimum absolute atomic E-state index is 0.257. The molecule has 0 rings (SSSR count). The number of halogens is 1. The summed E-state index contributed by atoms with van der Waals surface area (Å²) in [6.07, 6.45) is 8.00. The van der Waals surface area contributed by atoms with Crippen LogP contribution in [0.3, 0.4) is 0 Å². The molecule has 0 radical (unpaired) electrons. The lowest BCUT2D eigenvalue weighted by molar-refractivity contribution is -0.115. The highest BCUT2D eigenvalue weighted by molar-refractivity contribution is 9.09. The van der Waals surface area contributed by atoms with Crippen LogP contribution in [0.2, 0.25) is 0 Å². The minimum atomic E-state index is -0.329. The highest BCUT2D eigenvalue weighted by Gasteiger charge is 1.79. The third-order valence-corrected chi connectivity index (χ3v) is 0.684. The van der Waals surface area contributed by atoms with Gasteiger partial charge in [0.2, 0.25) is 5.91 Å². The van der Waals surface area contributed by atoms with E-state index in [2.05, 4.69) is 34.5 Å². The molecule has 0 aliphatic carbocycles. The maximum absolute atomic E-state index is 9.54. The predicted octanol–water partition coefficient (Wildman–Crippen LogP) is 0.116. The second kappa shape index (κ2) is 9.10. The SMILES string of the molecule is C#C.NC(=O)CBr. The van der Waals surface area contributed by atoms with E-state index in [1.807, 2.05) is 0 Å². The number of alkyl halides is 1. The van der Waals surface area contributed by atoms with Gasteiger partial charge in [-0.3, -0.25) is 4.79 Å². The van der Waals surface area contributed by atoms with Crippen LogP contribution in [0.25, 0.3) is 0 Å². The highest BCUT2D eigenvalue weighted by atomic mass is 79.9. The van der Waals surface area contributed by atoms with Crippen molar-refractivity contribution in [3.8, 4) is 12.8 Å². The van der Waals surface area contributed by atoms with Crippen molar-refractivity contribution in [3.63, 3.8) is 0 Å². The molecule has 0 heterocycles. The summed E-state index contributed by atoms with van der Waals surface area (Å²) >= 11 is 2.84. The van der Waals surface area contributed by atoms with Crippen LogP contribution >= 0.6 is 15.9 Å². The van der Waals surface area contributed by atoms with Crippen molar-refractivity contribution in [3.05, 3.63) is 0 Å². The average molecular weight is 164 g/mol. The van der Waals surface area contributed by atoms with Crippen molar-refractivity contribution in [1.82, 2.24) is 0 Å². The standard InChI is InChI=1S/C2H4BrNO.C2H2/c3-1-2(4)5;1-2/h1H2,(H2,4,5);1-2H. The van der Waals surface area contributed by atoms with Gasteiger partial charge in [0, 0.05) is 0 Å². The summed E-state index contributed by atoms with van der Waals surface area (Å²) in [5, 5.41) is 0.257. The fourth-order valence-corrected chi connectivity index (χ4v) is 0. The molecule has 0 aromatic rings. The van der Waals surface area contributed by atoms with E-state index in [9.17, 15) is 4.79 Å². The van der Waals surface area contributed by atoms with Crippen molar-refractivity contribution in [2.75, 3.05) is 5.33 Å². The van der Waals surface area contributed by atoms with Gasteiger partial charge in [-0.15, -0.1) is 12.8 Å². The van der Waals surface area contributed by atoms with E-state index in [0.29, 0.717) is 0 Å². The molecule has 0 aromatic heterocycles. The second-order valence-electron chi connectivity index (χ2n) is 0.600. The molecule has 0 aromatic carbocycles. The molecule has 2 N–H and O–H groups in total. The van der Waals surface area contributed by atoms with Crippen LogP contribution in [0.4, 0.5) is 0 Å². The monoisotopic (exact) mass is 163 g/mol. The van der Waals surface area contributed by atoms with Gasteiger partial charge >= 0.3 is 0 Å². The normalized spacial score (nSPS) is 5.57. The maximum atomic E-state index is 9.54. The summed E-state index contributed by atoms with van der Waals surface area (Å²) in [7, 11) is 0. The fraction of sp³-hybridized carbons (Fsp3) is 0.250. The van der Waals surface area contributed by atoms with Crippen LogP contribution in [-0.4, -0.2) is 11.2 Å². The summed E-state index contributed by atoms with van der Waals surface area (Å²) in [6, 6.07) is 0. The van der Waals surface area contributed by atoms with Crippen molar-refractivity contribution in [2.24, 2.45) is 5.73 Å². The van der Waals surface area contributed by atoms with Gasteiger partial charge < -0.3 is 5.73 Å². The second-order valence-corrected chi connectivity index (χ2v) is 1.16. The largest absolute Gasteiger partial charge is 0.369 e. The Kier molecular flexibility index (Phi) is 12.6. The van der Waals surface area contributed by atoms with Gasteiger partial charge in [0.15, 0.2) is 0 Å². The zero-order chi connectivity index (χ0) is 6.28. The summed E-state index contributed by atoms with van der Waals surface area (Å²) < 4.78 is 0. The van der Waals surface area contributed by atoms with Gasteiger partial charge in [-0.2, -0.15) is 0 Å². The van der Waals surface area contributed by atoms with E-state index in [1.54, 1.807) is 0 Å². The van der Waals surface area contributed by atoms with Gasteiger partial charge in [0.1, 0.15) is 0 Å². The van der Waals surface area contributed by atoms with E-state index in [1.165, 1.54) is 0 Å². The van der Waals surface area contributed by atoms with E-state index in [0.717, 1.165) is 0 Å². The zero-order valence-corrected chi connectivity index (χ0v) is 5.31. The predicted molar refractivity (Wildman–Crippen MR) is 32.9 cm³/mol. The molecule has 0 bridgehead atoms. The van der Waals surface area contributed by atoms with Crippen molar-refractivity contribution in [1.29, 1.82) is 0 Å². The summed E-state index contributed by atoms with van der Waals surface area (Å²) in [6.45, 7) is 0. The topological polar surface area (TPSA) is 43.1 Å². The van der Waals surface area contributed by atoms with Crippen LogP contribution in [0.5, 0.6) is 0 Å². The zero-order valence-electron chi connectivity index (χ0n) is 3.73. The summed E-state index contributed by atoms with van der Waals surface area (Å²) in [5.41, 5.74) is 4.61. The van der Waals surface area contributed by atoms with E-state index >= 15 is 0 Å². The lowest BCUT2D eigenvalue weighted by Gasteiger charge is -1.71.